The third kappa shape index (κ3) is 3.23. The number of nitro groups is 1. The second-order valence-corrected chi connectivity index (χ2v) is 4.25. The summed E-state index contributed by atoms with van der Waals surface area (Å²) in [6.45, 7) is -0.310. The predicted molar refractivity (Wildman–Crippen MR) is 72.9 cm³/mol. The Kier molecular flexibility index (Phi) is 4.41. The number of aliphatic hydroxyl groups excluding tert-OH is 1. The summed E-state index contributed by atoms with van der Waals surface area (Å²) in [6, 6.07) is 3.21. The van der Waals surface area contributed by atoms with Gasteiger partial charge in [-0.25, -0.2) is 13.8 Å². The van der Waals surface area contributed by atoms with Crippen LogP contribution in [0.1, 0.15) is 11.7 Å². The van der Waals surface area contributed by atoms with Gasteiger partial charge in [0.2, 0.25) is 11.8 Å². The summed E-state index contributed by atoms with van der Waals surface area (Å²) in [4.78, 5) is 17.1. The Morgan fingerprint density at radius 3 is 2.59 bits per heavy atom. The SMILES string of the molecule is Nc1nc(NCC(O)c2c(F)cccc2F)ncc1[N+](=O)[O-]. The number of nitrogens with one attached hydrogen (secondary N) is 1. The molecule has 0 bridgehead atoms. The fraction of sp³-hybridized carbons (Fsp3) is 0.167. The number of aromatic nitrogens is 2. The number of aliphatic hydroxyl groups is 1. The van der Waals surface area contributed by atoms with Crippen molar-refractivity contribution in [2.24, 2.45) is 0 Å². The van der Waals surface area contributed by atoms with Crippen LogP contribution < -0.4 is 11.1 Å². The first-order valence-corrected chi connectivity index (χ1v) is 6.03. The molecule has 0 aliphatic rings. The van der Waals surface area contributed by atoms with Crippen LogP contribution in [0.2, 0.25) is 0 Å². The highest BCUT2D eigenvalue weighted by molar-refractivity contribution is 5.53. The molecule has 2 aromatic rings. The van der Waals surface area contributed by atoms with E-state index in [1.807, 2.05) is 0 Å². The van der Waals surface area contributed by atoms with Crippen LogP contribution in [0.5, 0.6) is 0 Å². The molecule has 1 atom stereocenters. The lowest BCUT2D eigenvalue weighted by Crippen LogP contribution is -2.17. The van der Waals surface area contributed by atoms with E-state index in [0.717, 1.165) is 18.3 Å². The lowest BCUT2D eigenvalue weighted by Gasteiger charge is -2.13. The monoisotopic (exact) mass is 311 g/mol. The van der Waals surface area contributed by atoms with Crippen LogP contribution in [0.4, 0.5) is 26.2 Å². The van der Waals surface area contributed by atoms with E-state index < -0.39 is 33.9 Å². The van der Waals surface area contributed by atoms with E-state index in [1.165, 1.54) is 6.07 Å². The Balaban J connectivity index is 2.10. The van der Waals surface area contributed by atoms with Crippen LogP contribution in [-0.2, 0) is 0 Å². The van der Waals surface area contributed by atoms with Crippen molar-refractivity contribution in [2.45, 2.75) is 6.10 Å². The average molecular weight is 311 g/mol. The van der Waals surface area contributed by atoms with Crippen molar-refractivity contribution >= 4 is 17.5 Å². The molecule has 1 aromatic carbocycles. The molecule has 0 radical (unpaired) electrons. The molecule has 0 aliphatic carbocycles. The molecule has 10 heteroatoms. The summed E-state index contributed by atoms with van der Waals surface area (Å²) in [6.07, 6.45) is -0.609. The number of nitrogen functional groups attached to an aromatic ring is 1. The van der Waals surface area contributed by atoms with Crippen molar-refractivity contribution in [2.75, 3.05) is 17.6 Å². The van der Waals surface area contributed by atoms with E-state index >= 15 is 0 Å². The summed E-state index contributed by atoms with van der Waals surface area (Å²) < 4.78 is 27.0. The second-order valence-electron chi connectivity index (χ2n) is 4.25. The molecular formula is C12H11F2N5O3. The largest absolute Gasteiger partial charge is 0.386 e. The zero-order chi connectivity index (χ0) is 16.3. The van der Waals surface area contributed by atoms with Gasteiger partial charge in [-0.05, 0) is 12.1 Å². The van der Waals surface area contributed by atoms with E-state index in [0.29, 0.717) is 0 Å². The highest BCUT2D eigenvalue weighted by atomic mass is 19.1. The molecule has 4 N–H and O–H groups in total. The molecule has 0 aliphatic heterocycles. The maximum absolute atomic E-state index is 13.5. The van der Waals surface area contributed by atoms with Gasteiger partial charge < -0.3 is 16.2 Å². The number of hydrogen-bond donors (Lipinski definition) is 3. The zero-order valence-corrected chi connectivity index (χ0v) is 11.0. The van der Waals surface area contributed by atoms with Crippen molar-refractivity contribution < 1.29 is 18.8 Å². The molecule has 0 spiro atoms. The number of nitrogens with two attached hydrogens (primary N) is 1. The van der Waals surface area contributed by atoms with Crippen molar-refractivity contribution in [1.29, 1.82) is 0 Å². The van der Waals surface area contributed by atoms with Crippen molar-refractivity contribution in [3.63, 3.8) is 0 Å². The third-order valence-electron chi connectivity index (χ3n) is 2.78. The predicted octanol–water partition coefficient (Wildman–Crippen LogP) is 1.39. The fourth-order valence-corrected chi connectivity index (χ4v) is 1.73. The van der Waals surface area contributed by atoms with E-state index in [4.69, 9.17) is 5.73 Å². The molecular weight excluding hydrogens is 300 g/mol. The number of rotatable bonds is 5. The number of halogens is 2. The van der Waals surface area contributed by atoms with Crippen molar-refractivity contribution in [1.82, 2.24) is 9.97 Å². The Labute approximate surface area is 122 Å². The summed E-state index contributed by atoms with van der Waals surface area (Å²) in [5, 5.41) is 22.9. The van der Waals surface area contributed by atoms with Crippen LogP contribution in [0.15, 0.2) is 24.4 Å². The van der Waals surface area contributed by atoms with Gasteiger partial charge in [0, 0.05) is 6.54 Å². The van der Waals surface area contributed by atoms with Gasteiger partial charge in [-0.2, -0.15) is 4.98 Å². The molecule has 2 rings (SSSR count). The standard InChI is InChI=1S/C12H11F2N5O3/c13-6-2-1-3-7(14)10(6)9(20)5-17-12-16-4-8(19(21)22)11(15)18-12/h1-4,9,20H,5H2,(H3,15,16,17,18). The number of anilines is 2. The summed E-state index contributed by atoms with van der Waals surface area (Å²) in [7, 11) is 0. The van der Waals surface area contributed by atoms with Gasteiger partial charge in [0.1, 0.15) is 23.9 Å². The number of hydrogen-bond acceptors (Lipinski definition) is 7. The van der Waals surface area contributed by atoms with Gasteiger partial charge >= 0.3 is 5.69 Å². The van der Waals surface area contributed by atoms with Crippen LogP contribution in [0.3, 0.4) is 0 Å². The summed E-state index contributed by atoms with van der Waals surface area (Å²) in [5.74, 6) is -2.26. The smallest absolute Gasteiger partial charge is 0.329 e. The Morgan fingerprint density at radius 2 is 2.05 bits per heavy atom. The molecule has 1 heterocycles. The Hall–Kier alpha value is -2.88. The Morgan fingerprint density at radius 1 is 1.41 bits per heavy atom. The van der Waals surface area contributed by atoms with Crippen molar-refractivity contribution in [3.8, 4) is 0 Å². The van der Waals surface area contributed by atoms with Gasteiger partial charge in [-0.1, -0.05) is 6.07 Å². The minimum atomic E-state index is -1.50. The van der Waals surface area contributed by atoms with E-state index in [9.17, 15) is 24.0 Å². The number of nitrogens with zero attached hydrogens (tertiary/aromatic N) is 3. The highest BCUT2D eigenvalue weighted by Crippen LogP contribution is 2.22. The van der Waals surface area contributed by atoms with E-state index in [1.54, 1.807) is 0 Å². The van der Waals surface area contributed by atoms with Crippen LogP contribution in [0.25, 0.3) is 0 Å². The quantitative estimate of drug-likeness (QED) is 0.562. The van der Waals surface area contributed by atoms with Crippen LogP contribution in [-0.4, -0.2) is 26.5 Å². The van der Waals surface area contributed by atoms with Gasteiger partial charge in [0.05, 0.1) is 10.5 Å². The summed E-state index contributed by atoms with van der Waals surface area (Å²) >= 11 is 0. The zero-order valence-electron chi connectivity index (χ0n) is 11.0. The van der Waals surface area contributed by atoms with Crippen LogP contribution in [0, 0.1) is 21.7 Å². The molecule has 1 unspecified atom stereocenters. The minimum Gasteiger partial charge on any atom is -0.386 e. The van der Waals surface area contributed by atoms with Crippen molar-refractivity contribution in [3.05, 3.63) is 51.7 Å². The first-order chi connectivity index (χ1) is 10.4. The highest BCUT2D eigenvalue weighted by Gasteiger charge is 2.19. The molecule has 8 nitrogen and oxygen atoms in total. The second kappa shape index (κ2) is 6.26. The molecule has 0 saturated carbocycles. The lowest BCUT2D eigenvalue weighted by molar-refractivity contribution is -0.384. The van der Waals surface area contributed by atoms with E-state index in [-0.39, 0.29) is 18.3 Å². The van der Waals surface area contributed by atoms with Gasteiger partial charge in [-0.3, -0.25) is 10.1 Å². The normalized spacial score (nSPS) is 12.0. The molecule has 1 aromatic heterocycles. The Bertz CT molecular complexity index is 693. The molecule has 116 valence electrons. The van der Waals surface area contributed by atoms with Crippen LogP contribution >= 0.6 is 0 Å². The fourth-order valence-electron chi connectivity index (χ4n) is 1.73. The molecule has 22 heavy (non-hydrogen) atoms. The maximum atomic E-state index is 13.5. The van der Waals surface area contributed by atoms with Gasteiger partial charge in [0.25, 0.3) is 0 Å². The van der Waals surface area contributed by atoms with Gasteiger partial charge in [-0.15, -0.1) is 0 Å². The lowest BCUT2D eigenvalue weighted by atomic mass is 10.1. The van der Waals surface area contributed by atoms with E-state index in [2.05, 4.69) is 15.3 Å². The first-order valence-electron chi connectivity index (χ1n) is 6.03. The maximum Gasteiger partial charge on any atom is 0.329 e. The minimum absolute atomic E-state index is 0.112. The molecule has 0 fully saturated rings. The molecule has 0 saturated heterocycles. The first kappa shape index (κ1) is 15.5. The van der Waals surface area contributed by atoms with Gasteiger partial charge in [0.15, 0.2) is 0 Å². The third-order valence-corrected chi connectivity index (χ3v) is 2.78. The summed E-state index contributed by atoms with van der Waals surface area (Å²) in [5.41, 5.74) is 4.41. The molecule has 0 amide bonds. The average Bonchev–Trinajstić information content (AvgIpc) is 2.44. The number of benzene rings is 1. The topological polar surface area (TPSA) is 127 Å².